The molecular formula is C10H13N3O5. The highest BCUT2D eigenvalue weighted by Gasteiger charge is 2.27. The van der Waals surface area contributed by atoms with Gasteiger partial charge in [-0.1, -0.05) is 0 Å². The van der Waals surface area contributed by atoms with Gasteiger partial charge in [0.1, 0.15) is 12.6 Å². The van der Waals surface area contributed by atoms with E-state index in [1.165, 1.54) is 7.05 Å². The molecular weight excluding hydrogens is 242 g/mol. The van der Waals surface area contributed by atoms with E-state index >= 15 is 0 Å². The normalized spacial score (nSPS) is 15.8. The third kappa shape index (κ3) is 3.14. The molecule has 0 spiro atoms. The van der Waals surface area contributed by atoms with Gasteiger partial charge < -0.3 is 15.7 Å². The fourth-order valence-corrected chi connectivity index (χ4v) is 1.34. The minimum Gasteiger partial charge on any atom is -0.394 e. The second-order valence-corrected chi connectivity index (χ2v) is 3.51. The molecule has 4 amide bonds. The van der Waals surface area contributed by atoms with Crippen molar-refractivity contribution < 1.29 is 24.3 Å². The number of imide groups is 1. The summed E-state index contributed by atoms with van der Waals surface area (Å²) in [6.45, 7) is -1.07. The van der Waals surface area contributed by atoms with E-state index in [1.54, 1.807) is 0 Å². The SMILES string of the molecule is CNC(=O)[C@H](CO)NC(=O)CN1C(=O)C=CC1=O. The zero-order valence-electron chi connectivity index (χ0n) is 9.67. The first-order valence-corrected chi connectivity index (χ1v) is 5.15. The molecule has 0 unspecified atom stereocenters. The fraction of sp³-hybridized carbons (Fsp3) is 0.400. The van der Waals surface area contributed by atoms with Crippen molar-refractivity contribution in [2.45, 2.75) is 6.04 Å². The van der Waals surface area contributed by atoms with Gasteiger partial charge in [0.05, 0.1) is 6.61 Å². The lowest BCUT2D eigenvalue weighted by Crippen LogP contribution is -2.51. The number of carbonyl (C=O) groups is 4. The number of rotatable bonds is 5. The minimum atomic E-state index is -1.11. The second-order valence-electron chi connectivity index (χ2n) is 3.51. The molecule has 0 aromatic rings. The van der Waals surface area contributed by atoms with E-state index in [-0.39, 0.29) is 0 Å². The Hall–Kier alpha value is -2.22. The lowest BCUT2D eigenvalue weighted by molar-refractivity contribution is -0.141. The highest BCUT2D eigenvalue weighted by molar-refractivity contribution is 6.14. The van der Waals surface area contributed by atoms with Gasteiger partial charge >= 0.3 is 0 Å². The van der Waals surface area contributed by atoms with Crippen LogP contribution in [0.1, 0.15) is 0 Å². The molecule has 1 aliphatic heterocycles. The van der Waals surface area contributed by atoms with Crippen molar-refractivity contribution in [3.63, 3.8) is 0 Å². The summed E-state index contributed by atoms with van der Waals surface area (Å²) in [6.07, 6.45) is 2.11. The number of carbonyl (C=O) groups excluding carboxylic acids is 4. The molecule has 8 heteroatoms. The molecule has 0 radical (unpaired) electrons. The van der Waals surface area contributed by atoms with Crippen LogP contribution in [0, 0.1) is 0 Å². The standard InChI is InChI=1S/C10H13N3O5/c1-11-10(18)6(5-14)12-7(15)4-13-8(16)2-3-9(13)17/h2-3,6,14H,4-5H2,1H3,(H,11,18)(H,12,15)/t6-/m0/s1. The number of amides is 4. The Morgan fingerprint density at radius 3 is 2.33 bits per heavy atom. The Labute approximate surface area is 103 Å². The van der Waals surface area contributed by atoms with Gasteiger partial charge in [0, 0.05) is 19.2 Å². The van der Waals surface area contributed by atoms with Crippen LogP contribution in [0.4, 0.5) is 0 Å². The Morgan fingerprint density at radius 2 is 1.89 bits per heavy atom. The summed E-state index contributed by atoms with van der Waals surface area (Å²) in [6, 6.07) is -1.11. The lowest BCUT2D eigenvalue weighted by atomic mass is 10.3. The van der Waals surface area contributed by atoms with Crippen LogP contribution in [0.3, 0.4) is 0 Å². The summed E-state index contributed by atoms with van der Waals surface area (Å²) in [5.74, 6) is -2.45. The molecule has 1 rings (SSSR count). The van der Waals surface area contributed by atoms with Gasteiger partial charge in [0.15, 0.2) is 0 Å². The first kappa shape index (κ1) is 13.8. The Balaban J connectivity index is 2.53. The van der Waals surface area contributed by atoms with Gasteiger partial charge in [0.25, 0.3) is 11.8 Å². The topological polar surface area (TPSA) is 116 Å². The van der Waals surface area contributed by atoms with Crippen LogP contribution in [-0.2, 0) is 19.2 Å². The average molecular weight is 255 g/mol. The van der Waals surface area contributed by atoms with Crippen molar-refractivity contribution in [2.75, 3.05) is 20.2 Å². The second kappa shape index (κ2) is 5.92. The predicted molar refractivity (Wildman–Crippen MR) is 58.9 cm³/mol. The Kier molecular flexibility index (Phi) is 4.55. The first-order valence-electron chi connectivity index (χ1n) is 5.15. The molecule has 0 aromatic heterocycles. The van der Waals surface area contributed by atoms with Gasteiger partial charge in [0.2, 0.25) is 11.8 Å². The van der Waals surface area contributed by atoms with Gasteiger partial charge in [-0.2, -0.15) is 0 Å². The Morgan fingerprint density at radius 1 is 1.33 bits per heavy atom. The van der Waals surface area contributed by atoms with E-state index in [9.17, 15) is 19.2 Å². The lowest BCUT2D eigenvalue weighted by Gasteiger charge is -2.17. The Bertz CT molecular complexity index is 400. The zero-order valence-corrected chi connectivity index (χ0v) is 9.67. The number of hydrogen-bond donors (Lipinski definition) is 3. The van der Waals surface area contributed by atoms with Crippen LogP contribution in [0.15, 0.2) is 12.2 Å². The smallest absolute Gasteiger partial charge is 0.254 e. The number of aliphatic hydroxyl groups is 1. The number of likely N-dealkylation sites (N-methyl/N-ethyl adjacent to an activating group) is 1. The van der Waals surface area contributed by atoms with E-state index in [0.717, 1.165) is 17.1 Å². The van der Waals surface area contributed by atoms with E-state index in [2.05, 4.69) is 10.6 Å². The van der Waals surface area contributed by atoms with E-state index < -0.39 is 42.8 Å². The molecule has 0 aromatic carbocycles. The summed E-state index contributed by atoms with van der Waals surface area (Å²) >= 11 is 0. The maximum Gasteiger partial charge on any atom is 0.254 e. The predicted octanol–water partition coefficient (Wildman–Crippen LogP) is -2.87. The van der Waals surface area contributed by atoms with Crippen LogP contribution >= 0.6 is 0 Å². The van der Waals surface area contributed by atoms with Crippen molar-refractivity contribution in [1.82, 2.24) is 15.5 Å². The molecule has 0 saturated carbocycles. The fourth-order valence-electron chi connectivity index (χ4n) is 1.34. The quantitative estimate of drug-likeness (QED) is 0.457. The molecule has 8 nitrogen and oxygen atoms in total. The van der Waals surface area contributed by atoms with Crippen molar-refractivity contribution >= 4 is 23.6 Å². The third-order valence-corrected chi connectivity index (χ3v) is 2.28. The monoisotopic (exact) mass is 255 g/mol. The molecule has 0 aliphatic carbocycles. The van der Waals surface area contributed by atoms with Crippen LogP contribution in [0.2, 0.25) is 0 Å². The van der Waals surface area contributed by atoms with Crippen LogP contribution in [0.25, 0.3) is 0 Å². The van der Waals surface area contributed by atoms with Crippen LogP contribution < -0.4 is 10.6 Å². The number of nitrogens with zero attached hydrogens (tertiary/aromatic N) is 1. The molecule has 1 aliphatic rings. The average Bonchev–Trinajstić information content (AvgIpc) is 2.66. The van der Waals surface area contributed by atoms with E-state index in [0.29, 0.717) is 0 Å². The highest BCUT2D eigenvalue weighted by atomic mass is 16.3. The highest BCUT2D eigenvalue weighted by Crippen LogP contribution is 2.02. The third-order valence-electron chi connectivity index (χ3n) is 2.28. The number of hydrogen-bond acceptors (Lipinski definition) is 5. The maximum atomic E-state index is 11.5. The molecule has 1 atom stereocenters. The van der Waals surface area contributed by atoms with Crippen molar-refractivity contribution in [3.05, 3.63) is 12.2 Å². The summed E-state index contributed by atoms with van der Waals surface area (Å²) in [5, 5.41) is 13.4. The molecule has 0 fully saturated rings. The van der Waals surface area contributed by atoms with Crippen molar-refractivity contribution in [3.8, 4) is 0 Å². The summed E-state index contributed by atoms with van der Waals surface area (Å²) in [7, 11) is 1.36. The van der Waals surface area contributed by atoms with E-state index in [1.807, 2.05) is 0 Å². The molecule has 98 valence electrons. The zero-order chi connectivity index (χ0) is 13.7. The van der Waals surface area contributed by atoms with Gasteiger partial charge in [-0.05, 0) is 0 Å². The molecule has 0 saturated heterocycles. The minimum absolute atomic E-state index is 0.488. The first-order chi connectivity index (χ1) is 8.49. The summed E-state index contributed by atoms with van der Waals surface area (Å²) in [4.78, 5) is 45.8. The molecule has 1 heterocycles. The maximum absolute atomic E-state index is 11.5. The van der Waals surface area contributed by atoms with Gasteiger partial charge in [-0.15, -0.1) is 0 Å². The van der Waals surface area contributed by atoms with Crippen LogP contribution in [-0.4, -0.2) is 59.9 Å². The van der Waals surface area contributed by atoms with Crippen molar-refractivity contribution in [1.29, 1.82) is 0 Å². The van der Waals surface area contributed by atoms with E-state index in [4.69, 9.17) is 5.11 Å². The number of nitrogens with one attached hydrogen (secondary N) is 2. The van der Waals surface area contributed by atoms with Gasteiger partial charge in [-0.25, -0.2) is 0 Å². The molecule has 3 N–H and O–H groups in total. The summed E-state index contributed by atoms with van der Waals surface area (Å²) in [5.41, 5.74) is 0. The molecule has 18 heavy (non-hydrogen) atoms. The number of aliphatic hydroxyl groups excluding tert-OH is 1. The van der Waals surface area contributed by atoms with Gasteiger partial charge in [-0.3, -0.25) is 24.1 Å². The molecule has 0 bridgehead atoms. The van der Waals surface area contributed by atoms with Crippen molar-refractivity contribution in [2.24, 2.45) is 0 Å². The summed E-state index contributed by atoms with van der Waals surface area (Å²) < 4.78 is 0. The largest absolute Gasteiger partial charge is 0.394 e. The van der Waals surface area contributed by atoms with Crippen LogP contribution in [0.5, 0.6) is 0 Å².